The highest BCUT2D eigenvalue weighted by Crippen LogP contribution is 2.20. The molecule has 0 spiro atoms. The third kappa shape index (κ3) is 1.15. The number of rotatable bonds is 0. The molecule has 1 heterocycles. The number of nitriles is 1. The zero-order chi connectivity index (χ0) is 9.30. The number of nitrogen functional groups attached to an aromatic ring is 1. The van der Waals surface area contributed by atoms with Crippen molar-refractivity contribution < 1.29 is 0 Å². The maximum Gasteiger partial charge on any atom is 0.267 e. The topological polar surface area (TPSA) is 82.7 Å². The number of nitrogens with zero attached hydrogens (tertiary/aromatic N) is 1. The first kappa shape index (κ1) is 8.62. The van der Waals surface area contributed by atoms with Gasteiger partial charge in [0.2, 0.25) is 0 Å². The largest absolute Gasteiger partial charge is 0.384 e. The second kappa shape index (κ2) is 2.88. The highest BCUT2D eigenvalue weighted by atomic mass is 35.5. The predicted molar refractivity (Wildman–Crippen MR) is 45.9 cm³/mol. The molecule has 0 aromatic carbocycles. The molecule has 12 heavy (non-hydrogen) atoms. The molecule has 0 radical (unpaired) electrons. The van der Waals surface area contributed by atoms with Crippen LogP contribution in [-0.2, 0) is 0 Å². The van der Waals surface area contributed by atoms with E-state index in [0.29, 0.717) is 5.56 Å². The lowest BCUT2D eigenvalue weighted by Gasteiger charge is -2.01. The van der Waals surface area contributed by atoms with Crippen molar-refractivity contribution >= 4 is 17.4 Å². The van der Waals surface area contributed by atoms with Crippen LogP contribution in [0, 0.1) is 18.3 Å². The van der Waals surface area contributed by atoms with Gasteiger partial charge < -0.3 is 10.7 Å². The Morgan fingerprint density at radius 1 is 1.67 bits per heavy atom. The maximum absolute atomic E-state index is 11.0. The van der Waals surface area contributed by atoms with Crippen LogP contribution in [0.3, 0.4) is 0 Å². The van der Waals surface area contributed by atoms with Crippen molar-refractivity contribution in [2.75, 3.05) is 5.73 Å². The number of anilines is 1. The Morgan fingerprint density at radius 3 is 2.75 bits per heavy atom. The van der Waals surface area contributed by atoms with E-state index in [0.717, 1.165) is 0 Å². The monoisotopic (exact) mass is 183 g/mol. The lowest BCUT2D eigenvalue weighted by atomic mass is 10.2. The summed E-state index contributed by atoms with van der Waals surface area (Å²) >= 11 is 5.69. The summed E-state index contributed by atoms with van der Waals surface area (Å²) in [6, 6.07) is 1.75. The minimum absolute atomic E-state index is 0.00852. The van der Waals surface area contributed by atoms with Gasteiger partial charge in [-0.3, -0.25) is 4.79 Å². The van der Waals surface area contributed by atoms with E-state index in [9.17, 15) is 4.79 Å². The van der Waals surface area contributed by atoms with Gasteiger partial charge in [0, 0.05) is 0 Å². The molecule has 0 atom stereocenters. The van der Waals surface area contributed by atoms with Crippen LogP contribution in [0.5, 0.6) is 0 Å². The van der Waals surface area contributed by atoms with E-state index in [4.69, 9.17) is 22.6 Å². The molecule has 0 amide bonds. The number of nitrogens with two attached hydrogens (primary N) is 1. The fourth-order valence-corrected chi connectivity index (χ4v) is 0.998. The number of pyridine rings is 1. The summed E-state index contributed by atoms with van der Waals surface area (Å²) in [5, 5.41) is 8.77. The van der Waals surface area contributed by atoms with Gasteiger partial charge in [-0.2, -0.15) is 5.26 Å². The Kier molecular flexibility index (Phi) is 2.07. The van der Waals surface area contributed by atoms with E-state index in [2.05, 4.69) is 4.98 Å². The van der Waals surface area contributed by atoms with Crippen LogP contribution < -0.4 is 11.3 Å². The molecule has 62 valence electrons. The first-order chi connectivity index (χ1) is 5.57. The zero-order valence-corrected chi connectivity index (χ0v) is 7.07. The number of hydrogen-bond acceptors (Lipinski definition) is 3. The van der Waals surface area contributed by atoms with Crippen molar-refractivity contribution in [2.45, 2.75) is 6.92 Å². The molecule has 0 aliphatic heterocycles. The minimum atomic E-state index is -0.503. The van der Waals surface area contributed by atoms with Gasteiger partial charge in [0.25, 0.3) is 5.56 Å². The third-order valence-electron chi connectivity index (χ3n) is 1.53. The molecule has 0 fully saturated rings. The molecule has 0 saturated heterocycles. The summed E-state index contributed by atoms with van der Waals surface area (Å²) in [5.41, 5.74) is 5.27. The summed E-state index contributed by atoms with van der Waals surface area (Å²) in [4.78, 5) is 13.3. The van der Waals surface area contributed by atoms with Gasteiger partial charge in [0.15, 0.2) is 0 Å². The summed E-state index contributed by atoms with van der Waals surface area (Å²) < 4.78 is 0. The Balaban J connectivity index is 3.66. The SMILES string of the molecule is Cc1c(Cl)c(N)[nH]c(=O)c1C#N. The van der Waals surface area contributed by atoms with Gasteiger partial charge in [-0.05, 0) is 12.5 Å². The molecule has 0 aliphatic rings. The Labute approximate surface area is 73.6 Å². The molecule has 0 aliphatic carbocycles. The van der Waals surface area contributed by atoms with E-state index >= 15 is 0 Å². The van der Waals surface area contributed by atoms with Crippen molar-refractivity contribution in [1.29, 1.82) is 5.26 Å². The lowest BCUT2D eigenvalue weighted by molar-refractivity contribution is 1.19. The Hall–Kier alpha value is -1.47. The highest BCUT2D eigenvalue weighted by Gasteiger charge is 2.09. The van der Waals surface area contributed by atoms with Gasteiger partial charge in [-0.15, -0.1) is 0 Å². The van der Waals surface area contributed by atoms with Crippen LogP contribution >= 0.6 is 11.6 Å². The van der Waals surface area contributed by atoms with Gasteiger partial charge in [0.05, 0.1) is 5.02 Å². The van der Waals surface area contributed by atoms with Gasteiger partial charge in [0.1, 0.15) is 17.5 Å². The smallest absolute Gasteiger partial charge is 0.267 e. The van der Waals surface area contributed by atoms with E-state index in [1.807, 2.05) is 0 Å². The highest BCUT2D eigenvalue weighted by molar-refractivity contribution is 6.33. The summed E-state index contributed by atoms with van der Waals surface area (Å²) in [6.45, 7) is 1.58. The second-order valence-electron chi connectivity index (χ2n) is 2.29. The van der Waals surface area contributed by atoms with Crippen LogP contribution in [-0.4, -0.2) is 4.98 Å². The lowest BCUT2D eigenvalue weighted by Crippen LogP contribution is -2.14. The fraction of sp³-hybridized carbons (Fsp3) is 0.143. The van der Waals surface area contributed by atoms with Crippen LogP contribution in [0.1, 0.15) is 11.1 Å². The molecule has 1 rings (SSSR count). The second-order valence-corrected chi connectivity index (χ2v) is 2.67. The molecule has 0 bridgehead atoms. The molecule has 5 heteroatoms. The standard InChI is InChI=1S/C7H6ClN3O/c1-3-4(2-9)7(12)11-6(10)5(3)8/h1H3,(H3,10,11,12). The van der Waals surface area contributed by atoms with Crippen molar-refractivity contribution in [3.05, 3.63) is 26.5 Å². The minimum Gasteiger partial charge on any atom is -0.384 e. The average Bonchev–Trinajstić information content (AvgIpc) is 2.01. The fourth-order valence-electron chi connectivity index (χ4n) is 0.856. The molecule has 1 aromatic rings. The third-order valence-corrected chi connectivity index (χ3v) is 2.01. The number of aromatic nitrogens is 1. The van der Waals surface area contributed by atoms with E-state index < -0.39 is 5.56 Å². The summed E-state index contributed by atoms with van der Waals surface area (Å²) in [5.74, 6) is 0.0955. The van der Waals surface area contributed by atoms with Gasteiger partial charge >= 0.3 is 0 Å². The van der Waals surface area contributed by atoms with Crippen LogP contribution in [0.2, 0.25) is 5.02 Å². The molecular formula is C7H6ClN3O. The maximum atomic E-state index is 11.0. The average molecular weight is 184 g/mol. The van der Waals surface area contributed by atoms with Crippen LogP contribution in [0.15, 0.2) is 4.79 Å². The van der Waals surface area contributed by atoms with Crippen molar-refractivity contribution in [1.82, 2.24) is 4.98 Å². The molecule has 1 aromatic heterocycles. The normalized spacial score (nSPS) is 9.42. The van der Waals surface area contributed by atoms with Crippen LogP contribution in [0.25, 0.3) is 0 Å². The van der Waals surface area contributed by atoms with Crippen molar-refractivity contribution in [3.63, 3.8) is 0 Å². The number of hydrogen-bond donors (Lipinski definition) is 2. The predicted octanol–water partition coefficient (Wildman–Crippen LogP) is 0.791. The quantitative estimate of drug-likeness (QED) is 0.624. The zero-order valence-electron chi connectivity index (χ0n) is 6.31. The van der Waals surface area contributed by atoms with Crippen LogP contribution in [0.4, 0.5) is 5.82 Å². The molecule has 4 nitrogen and oxygen atoms in total. The van der Waals surface area contributed by atoms with Crippen molar-refractivity contribution in [2.24, 2.45) is 0 Å². The van der Waals surface area contributed by atoms with Gasteiger partial charge in [-0.25, -0.2) is 0 Å². The van der Waals surface area contributed by atoms with E-state index in [1.165, 1.54) is 0 Å². The number of nitrogens with one attached hydrogen (secondary N) is 1. The van der Waals surface area contributed by atoms with E-state index in [-0.39, 0.29) is 16.4 Å². The molecule has 0 saturated carbocycles. The summed E-state index contributed by atoms with van der Waals surface area (Å²) in [6.07, 6.45) is 0. The molecule has 3 N–H and O–H groups in total. The molecule has 0 unspecified atom stereocenters. The number of halogens is 1. The van der Waals surface area contributed by atoms with Crippen molar-refractivity contribution in [3.8, 4) is 6.07 Å². The first-order valence-corrected chi connectivity index (χ1v) is 3.53. The van der Waals surface area contributed by atoms with E-state index in [1.54, 1.807) is 13.0 Å². The summed E-state index contributed by atoms with van der Waals surface area (Å²) in [7, 11) is 0. The van der Waals surface area contributed by atoms with Gasteiger partial charge in [-0.1, -0.05) is 11.6 Å². The Morgan fingerprint density at radius 2 is 2.25 bits per heavy atom. The Bertz CT molecular complexity index is 416. The number of H-pyrrole nitrogens is 1. The number of aromatic amines is 1. The first-order valence-electron chi connectivity index (χ1n) is 3.16. The molecular weight excluding hydrogens is 178 g/mol.